The molecule has 1 aromatic carbocycles. The summed E-state index contributed by atoms with van der Waals surface area (Å²) in [5.74, 6) is 0.305. The zero-order valence-electron chi connectivity index (χ0n) is 10.6. The van der Waals surface area contributed by atoms with Crippen molar-refractivity contribution in [1.82, 2.24) is 4.90 Å². The van der Waals surface area contributed by atoms with Gasteiger partial charge in [-0.1, -0.05) is 19.1 Å². The van der Waals surface area contributed by atoms with Crippen molar-refractivity contribution in [2.45, 2.75) is 26.3 Å². The molecule has 0 amide bonds. The van der Waals surface area contributed by atoms with Gasteiger partial charge in [0.2, 0.25) is 0 Å². The molecule has 3 nitrogen and oxygen atoms in total. The summed E-state index contributed by atoms with van der Waals surface area (Å²) in [6.45, 7) is 4.82. The van der Waals surface area contributed by atoms with Crippen LogP contribution in [0.2, 0.25) is 0 Å². The molecule has 18 heavy (non-hydrogen) atoms. The van der Waals surface area contributed by atoms with Crippen molar-refractivity contribution < 1.29 is 14.4 Å². The van der Waals surface area contributed by atoms with Gasteiger partial charge in [-0.3, -0.25) is 4.90 Å². The van der Waals surface area contributed by atoms with Gasteiger partial charge < -0.3 is 10.0 Å². The first-order chi connectivity index (χ1) is 8.56. The van der Waals surface area contributed by atoms with Crippen LogP contribution in [-0.2, 0) is 6.54 Å². The summed E-state index contributed by atoms with van der Waals surface area (Å²) >= 11 is 0. The van der Waals surface area contributed by atoms with E-state index in [1.165, 1.54) is 12.5 Å². The van der Waals surface area contributed by atoms with E-state index in [1.54, 1.807) is 12.1 Å². The fourth-order valence-corrected chi connectivity index (χ4v) is 2.52. The molecule has 2 rings (SSSR count). The molecule has 0 saturated carbocycles. The van der Waals surface area contributed by atoms with Gasteiger partial charge in [0.05, 0.1) is 0 Å². The van der Waals surface area contributed by atoms with Crippen LogP contribution < -0.4 is 5.46 Å². The highest BCUT2D eigenvalue weighted by Gasteiger charge is 2.19. The predicted molar refractivity (Wildman–Crippen MR) is 69.9 cm³/mol. The van der Waals surface area contributed by atoms with Crippen molar-refractivity contribution in [1.29, 1.82) is 0 Å². The summed E-state index contributed by atoms with van der Waals surface area (Å²) in [6, 6.07) is 4.41. The standard InChI is InChI=1S/C13H19BFNO2/c1-10-3-2-6-16(8-10)9-11-4-5-12(14(17)18)7-13(11)15/h4-5,7,10,17-18H,2-3,6,8-9H2,1H3. The highest BCUT2D eigenvalue weighted by molar-refractivity contribution is 6.58. The minimum absolute atomic E-state index is 0.197. The number of nitrogens with zero attached hydrogens (tertiary/aromatic N) is 1. The summed E-state index contributed by atoms with van der Waals surface area (Å²) in [5, 5.41) is 17.9. The molecule has 0 spiro atoms. The molecule has 0 bridgehead atoms. The van der Waals surface area contributed by atoms with E-state index in [2.05, 4.69) is 11.8 Å². The van der Waals surface area contributed by atoms with Crippen LogP contribution in [0.15, 0.2) is 18.2 Å². The SMILES string of the molecule is CC1CCCN(Cc2ccc(B(O)O)cc2F)C1. The van der Waals surface area contributed by atoms with Gasteiger partial charge in [-0.15, -0.1) is 0 Å². The van der Waals surface area contributed by atoms with Gasteiger partial charge in [0.1, 0.15) is 5.82 Å². The monoisotopic (exact) mass is 251 g/mol. The fourth-order valence-electron chi connectivity index (χ4n) is 2.52. The predicted octanol–water partition coefficient (Wildman–Crippen LogP) is 0.737. The molecule has 1 saturated heterocycles. The molecule has 1 unspecified atom stereocenters. The number of piperidine rings is 1. The van der Waals surface area contributed by atoms with Gasteiger partial charge in [-0.05, 0) is 36.8 Å². The average molecular weight is 251 g/mol. The van der Waals surface area contributed by atoms with Crippen molar-refractivity contribution >= 4 is 12.6 Å². The number of likely N-dealkylation sites (tertiary alicyclic amines) is 1. The van der Waals surface area contributed by atoms with Crippen LogP contribution in [0.4, 0.5) is 4.39 Å². The molecule has 0 radical (unpaired) electrons. The fraction of sp³-hybridized carbons (Fsp3) is 0.538. The normalized spacial score (nSPS) is 21.0. The van der Waals surface area contributed by atoms with Crippen molar-refractivity contribution in [3.8, 4) is 0 Å². The molecular formula is C13H19BFNO2. The second kappa shape index (κ2) is 5.82. The van der Waals surface area contributed by atoms with E-state index in [1.807, 2.05) is 0 Å². The first-order valence-electron chi connectivity index (χ1n) is 6.43. The first-order valence-corrected chi connectivity index (χ1v) is 6.43. The van der Waals surface area contributed by atoms with E-state index < -0.39 is 7.12 Å². The average Bonchev–Trinajstić information content (AvgIpc) is 2.31. The third-order valence-corrected chi connectivity index (χ3v) is 3.51. The molecule has 1 aliphatic heterocycles. The van der Waals surface area contributed by atoms with Crippen LogP contribution in [0, 0.1) is 11.7 Å². The maximum atomic E-state index is 13.8. The number of rotatable bonds is 3. The molecule has 0 aromatic heterocycles. The van der Waals surface area contributed by atoms with Gasteiger partial charge in [-0.2, -0.15) is 0 Å². The minimum Gasteiger partial charge on any atom is -0.423 e. The molecular weight excluding hydrogens is 232 g/mol. The summed E-state index contributed by atoms with van der Waals surface area (Å²) in [7, 11) is -1.61. The van der Waals surface area contributed by atoms with Gasteiger partial charge in [0.15, 0.2) is 0 Å². The van der Waals surface area contributed by atoms with Crippen molar-refractivity contribution in [3.05, 3.63) is 29.6 Å². The van der Waals surface area contributed by atoms with Crippen LogP contribution in [0.25, 0.3) is 0 Å². The van der Waals surface area contributed by atoms with Gasteiger partial charge in [0, 0.05) is 18.7 Å². The molecule has 5 heteroatoms. The van der Waals surface area contributed by atoms with Crippen LogP contribution >= 0.6 is 0 Å². The number of halogens is 1. The Morgan fingerprint density at radius 1 is 1.44 bits per heavy atom. The highest BCUT2D eigenvalue weighted by atomic mass is 19.1. The topological polar surface area (TPSA) is 43.7 Å². The molecule has 2 N–H and O–H groups in total. The second-order valence-electron chi connectivity index (χ2n) is 5.21. The summed E-state index contributed by atoms with van der Waals surface area (Å²) < 4.78 is 13.8. The lowest BCUT2D eigenvalue weighted by atomic mass is 9.80. The smallest absolute Gasteiger partial charge is 0.423 e. The quantitative estimate of drug-likeness (QED) is 0.778. The maximum Gasteiger partial charge on any atom is 0.488 e. The Morgan fingerprint density at radius 2 is 2.22 bits per heavy atom. The third-order valence-electron chi connectivity index (χ3n) is 3.51. The number of hydrogen-bond acceptors (Lipinski definition) is 3. The molecule has 1 aliphatic rings. The molecule has 1 fully saturated rings. The van der Waals surface area contributed by atoms with Crippen molar-refractivity contribution in [2.24, 2.45) is 5.92 Å². The lowest BCUT2D eigenvalue weighted by Gasteiger charge is -2.30. The largest absolute Gasteiger partial charge is 0.488 e. The summed E-state index contributed by atoms with van der Waals surface area (Å²) in [5.41, 5.74) is 0.816. The van der Waals surface area contributed by atoms with E-state index in [0.29, 0.717) is 18.0 Å². The zero-order valence-corrected chi connectivity index (χ0v) is 10.6. The number of hydrogen-bond donors (Lipinski definition) is 2. The van der Waals surface area contributed by atoms with Crippen molar-refractivity contribution in [2.75, 3.05) is 13.1 Å². The Labute approximate surface area is 107 Å². The van der Waals surface area contributed by atoms with Gasteiger partial charge in [-0.25, -0.2) is 4.39 Å². The van der Waals surface area contributed by atoms with Crippen LogP contribution in [0.5, 0.6) is 0 Å². The Morgan fingerprint density at radius 3 is 2.83 bits per heavy atom. The summed E-state index contributed by atoms with van der Waals surface area (Å²) in [4.78, 5) is 2.25. The van der Waals surface area contributed by atoms with E-state index in [-0.39, 0.29) is 11.3 Å². The van der Waals surface area contributed by atoms with Crippen LogP contribution in [-0.4, -0.2) is 35.2 Å². The Bertz CT molecular complexity index is 414. The molecule has 1 aromatic rings. The third kappa shape index (κ3) is 3.31. The number of benzene rings is 1. The lowest BCUT2D eigenvalue weighted by Crippen LogP contribution is -2.34. The van der Waals surface area contributed by atoms with E-state index in [9.17, 15) is 4.39 Å². The molecule has 98 valence electrons. The Hall–Kier alpha value is -0.905. The summed E-state index contributed by atoms with van der Waals surface area (Å²) in [6.07, 6.45) is 2.41. The van der Waals surface area contributed by atoms with Gasteiger partial charge in [0.25, 0.3) is 0 Å². The minimum atomic E-state index is -1.61. The van der Waals surface area contributed by atoms with Crippen LogP contribution in [0.1, 0.15) is 25.3 Å². The van der Waals surface area contributed by atoms with Crippen LogP contribution in [0.3, 0.4) is 0 Å². The lowest BCUT2D eigenvalue weighted by molar-refractivity contribution is 0.175. The Kier molecular flexibility index (Phi) is 4.38. The zero-order chi connectivity index (χ0) is 13.1. The second-order valence-corrected chi connectivity index (χ2v) is 5.21. The molecule has 1 heterocycles. The van der Waals surface area contributed by atoms with E-state index >= 15 is 0 Å². The highest BCUT2D eigenvalue weighted by Crippen LogP contribution is 2.18. The molecule has 1 atom stereocenters. The van der Waals surface area contributed by atoms with Crippen molar-refractivity contribution in [3.63, 3.8) is 0 Å². The first kappa shape index (κ1) is 13.5. The van der Waals surface area contributed by atoms with Gasteiger partial charge >= 0.3 is 7.12 Å². The Balaban J connectivity index is 2.05. The van der Waals surface area contributed by atoms with E-state index in [4.69, 9.17) is 10.0 Å². The maximum absolute atomic E-state index is 13.8. The van der Waals surface area contributed by atoms with E-state index in [0.717, 1.165) is 19.5 Å². The molecule has 0 aliphatic carbocycles.